The summed E-state index contributed by atoms with van der Waals surface area (Å²) >= 11 is 1.83. The van der Waals surface area contributed by atoms with Gasteiger partial charge in [-0.05, 0) is 25.6 Å². The third-order valence-electron chi connectivity index (χ3n) is 1.71. The second-order valence-electron chi connectivity index (χ2n) is 2.79. The third kappa shape index (κ3) is 3.89. The zero-order valence-corrected chi connectivity index (χ0v) is 9.12. The Bertz CT molecular complexity index is 212. The number of nitrogens with one attached hydrogen (secondary N) is 1. The minimum atomic E-state index is 0.757. The van der Waals surface area contributed by atoms with Gasteiger partial charge in [0.1, 0.15) is 0 Å². The fraction of sp³-hybridized carbons (Fsp3) is 0.600. The van der Waals surface area contributed by atoms with E-state index < -0.39 is 0 Å². The van der Waals surface area contributed by atoms with Crippen molar-refractivity contribution in [1.29, 1.82) is 0 Å². The van der Waals surface area contributed by atoms with Crippen molar-refractivity contribution in [3.05, 3.63) is 21.9 Å². The van der Waals surface area contributed by atoms with Gasteiger partial charge in [-0.2, -0.15) is 0 Å². The monoisotopic (exact) mass is 199 g/mol. The Hall–Kier alpha value is -0.380. The van der Waals surface area contributed by atoms with Gasteiger partial charge in [-0.25, -0.2) is 0 Å². The number of hydrogen-bond acceptors (Lipinski definition) is 3. The Balaban J connectivity index is 2.34. The smallest absolute Gasteiger partial charge is 0.0809 e. The molecule has 0 aliphatic carbocycles. The number of hydrogen-bond donors (Lipinski definition) is 1. The van der Waals surface area contributed by atoms with Gasteiger partial charge in [0.15, 0.2) is 0 Å². The number of rotatable bonds is 6. The molecule has 13 heavy (non-hydrogen) atoms. The van der Waals surface area contributed by atoms with Crippen LogP contribution in [0, 0.1) is 0 Å². The van der Waals surface area contributed by atoms with E-state index in [4.69, 9.17) is 4.74 Å². The maximum atomic E-state index is 5.33. The zero-order valence-electron chi connectivity index (χ0n) is 8.30. The highest BCUT2D eigenvalue weighted by Crippen LogP contribution is 2.16. The average molecular weight is 199 g/mol. The molecule has 0 radical (unpaired) electrons. The Morgan fingerprint density at radius 3 is 2.77 bits per heavy atom. The summed E-state index contributed by atoms with van der Waals surface area (Å²) in [5.74, 6) is 0. The summed E-state index contributed by atoms with van der Waals surface area (Å²) in [6.07, 6.45) is 0. The van der Waals surface area contributed by atoms with Crippen molar-refractivity contribution < 1.29 is 4.74 Å². The maximum Gasteiger partial charge on any atom is 0.0809 e. The van der Waals surface area contributed by atoms with E-state index >= 15 is 0 Å². The van der Waals surface area contributed by atoms with Gasteiger partial charge in [-0.1, -0.05) is 6.92 Å². The quantitative estimate of drug-likeness (QED) is 0.759. The molecule has 0 saturated heterocycles. The lowest BCUT2D eigenvalue weighted by atomic mass is 10.4. The molecule has 0 amide bonds. The van der Waals surface area contributed by atoms with Crippen molar-refractivity contribution in [3.8, 4) is 0 Å². The first-order chi connectivity index (χ1) is 6.36. The molecule has 1 N–H and O–H groups in total. The fourth-order valence-electron chi connectivity index (χ4n) is 1.05. The lowest BCUT2D eigenvalue weighted by molar-refractivity contribution is 0.136. The highest BCUT2D eigenvalue weighted by Gasteiger charge is 1.98. The average Bonchev–Trinajstić information content (AvgIpc) is 2.59. The topological polar surface area (TPSA) is 21.3 Å². The van der Waals surface area contributed by atoms with Crippen LogP contribution in [0.5, 0.6) is 0 Å². The van der Waals surface area contributed by atoms with Crippen LogP contribution >= 0.6 is 11.3 Å². The standard InChI is InChI=1S/C10H17NOS/c1-3-11-7-9-5-6-10(13-9)8-12-4-2/h5-6,11H,3-4,7-8H2,1-2H3. The summed E-state index contributed by atoms with van der Waals surface area (Å²) in [5.41, 5.74) is 0. The van der Waals surface area contributed by atoms with E-state index in [-0.39, 0.29) is 0 Å². The van der Waals surface area contributed by atoms with E-state index in [0.717, 1.165) is 26.3 Å². The number of thiophene rings is 1. The molecule has 1 heterocycles. The largest absolute Gasteiger partial charge is 0.376 e. The van der Waals surface area contributed by atoms with Crippen LogP contribution in [0.2, 0.25) is 0 Å². The summed E-state index contributed by atoms with van der Waals surface area (Å²) < 4.78 is 5.33. The molecule has 0 aromatic carbocycles. The predicted octanol–water partition coefficient (Wildman–Crippen LogP) is 2.39. The van der Waals surface area contributed by atoms with Gasteiger partial charge in [0.25, 0.3) is 0 Å². The summed E-state index contributed by atoms with van der Waals surface area (Å²) in [7, 11) is 0. The molecule has 0 fully saturated rings. The van der Waals surface area contributed by atoms with Crippen LogP contribution in [-0.4, -0.2) is 13.2 Å². The third-order valence-corrected chi connectivity index (χ3v) is 2.77. The molecule has 0 unspecified atom stereocenters. The first-order valence-electron chi connectivity index (χ1n) is 4.72. The number of ether oxygens (including phenoxy) is 1. The first kappa shape index (κ1) is 10.7. The second-order valence-corrected chi connectivity index (χ2v) is 4.04. The van der Waals surface area contributed by atoms with E-state index in [9.17, 15) is 0 Å². The van der Waals surface area contributed by atoms with Gasteiger partial charge < -0.3 is 10.1 Å². The van der Waals surface area contributed by atoms with Crippen molar-refractivity contribution in [1.82, 2.24) is 5.32 Å². The molecule has 3 heteroatoms. The molecular formula is C10H17NOS. The normalized spacial score (nSPS) is 10.6. The van der Waals surface area contributed by atoms with E-state index in [2.05, 4.69) is 24.4 Å². The minimum absolute atomic E-state index is 0.757. The second kappa shape index (κ2) is 6.13. The van der Waals surface area contributed by atoms with Crippen LogP contribution < -0.4 is 5.32 Å². The maximum absolute atomic E-state index is 5.33. The van der Waals surface area contributed by atoms with E-state index in [1.54, 1.807) is 0 Å². The van der Waals surface area contributed by atoms with E-state index in [1.165, 1.54) is 9.75 Å². The van der Waals surface area contributed by atoms with Gasteiger partial charge in [0.2, 0.25) is 0 Å². The van der Waals surface area contributed by atoms with Gasteiger partial charge >= 0.3 is 0 Å². The minimum Gasteiger partial charge on any atom is -0.376 e. The lowest BCUT2D eigenvalue weighted by Crippen LogP contribution is -2.10. The molecule has 0 aliphatic heterocycles. The van der Waals surface area contributed by atoms with Crippen LogP contribution in [0.15, 0.2) is 12.1 Å². The Morgan fingerprint density at radius 2 is 2.08 bits per heavy atom. The van der Waals surface area contributed by atoms with Crippen LogP contribution in [0.25, 0.3) is 0 Å². The Kier molecular flexibility index (Phi) is 5.05. The van der Waals surface area contributed by atoms with Crippen LogP contribution in [-0.2, 0) is 17.9 Å². The SMILES string of the molecule is CCNCc1ccc(COCC)s1. The molecular weight excluding hydrogens is 182 g/mol. The van der Waals surface area contributed by atoms with Gasteiger partial charge in [-0.3, -0.25) is 0 Å². The molecule has 1 rings (SSSR count). The fourth-order valence-corrected chi connectivity index (χ4v) is 1.97. The summed E-state index contributed by atoms with van der Waals surface area (Å²) in [4.78, 5) is 2.70. The zero-order chi connectivity index (χ0) is 9.52. The van der Waals surface area contributed by atoms with Crippen molar-refractivity contribution in [3.63, 3.8) is 0 Å². The van der Waals surface area contributed by atoms with Gasteiger partial charge in [0.05, 0.1) is 6.61 Å². The van der Waals surface area contributed by atoms with E-state index in [0.29, 0.717) is 0 Å². The van der Waals surface area contributed by atoms with E-state index in [1.807, 2.05) is 18.3 Å². The molecule has 0 bridgehead atoms. The molecule has 0 aliphatic rings. The van der Waals surface area contributed by atoms with Gasteiger partial charge in [0, 0.05) is 22.9 Å². The molecule has 1 aromatic rings. The van der Waals surface area contributed by atoms with Crippen LogP contribution in [0.4, 0.5) is 0 Å². The highest BCUT2D eigenvalue weighted by atomic mass is 32.1. The predicted molar refractivity (Wildman–Crippen MR) is 57.0 cm³/mol. The summed E-state index contributed by atoms with van der Waals surface area (Å²) in [6, 6.07) is 4.31. The molecule has 2 nitrogen and oxygen atoms in total. The summed E-state index contributed by atoms with van der Waals surface area (Å²) in [6.45, 7) is 7.70. The van der Waals surface area contributed by atoms with Crippen molar-refractivity contribution in [2.45, 2.75) is 27.0 Å². The summed E-state index contributed by atoms with van der Waals surface area (Å²) in [5, 5.41) is 3.30. The molecule has 0 saturated carbocycles. The molecule has 1 aromatic heterocycles. The Labute approximate surface area is 83.9 Å². The van der Waals surface area contributed by atoms with Crippen LogP contribution in [0.3, 0.4) is 0 Å². The van der Waals surface area contributed by atoms with Crippen molar-refractivity contribution in [2.24, 2.45) is 0 Å². The van der Waals surface area contributed by atoms with Crippen molar-refractivity contribution >= 4 is 11.3 Å². The van der Waals surface area contributed by atoms with Gasteiger partial charge in [-0.15, -0.1) is 11.3 Å². The highest BCUT2D eigenvalue weighted by molar-refractivity contribution is 7.11. The van der Waals surface area contributed by atoms with Crippen molar-refractivity contribution in [2.75, 3.05) is 13.2 Å². The lowest BCUT2D eigenvalue weighted by Gasteiger charge is -1.97. The molecule has 74 valence electrons. The molecule has 0 spiro atoms. The Morgan fingerprint density at radius 1 is 1.31 bits per heavy atom. The molecule has 0 atom stereocenters. The van der Waals surface area contributed by atoms with Crippen LogP contribution in [0.1, 0.15) is 23.6 Å². The first-order valence-corrected chi connectivity index (χ1v) is 5.54.